The van der Waals surface area contributed by atoms with E-state index in [0.717, 1.165) is 10.5 Å². The number of carbonyl (C=O) groups is 3. The van der Waals surface area contributed by atoms with Crippen LogP contribution in [0.15, 0.2) is 36.4 Å². The van der Waals surface area contributed by atoms with Crippen molar-refractivity contribution in [1.29, 1.82) is 0 Å². The summed E-state index contributed by atoms with van der Waals surface area (Å²) < 4.78 is 10.4. The Morgan fingerprint density at radius 1 is 1.13 bits per heavy atom. The van der Waals surface area contributed by atoms with Gasteiger partial charge in [0.1, 0.15) is 23.6 Å². The van der Waals surface area contributed by atoms with Crippen molar-refractivity contribution in [3.63, 3.8) is 0 Å². The Balaban J connectivity index is 1.77. The first kappa shape index (κ1) is 21.4. The van der Waals surface area contributed by atoms with Gasteiger partial charge in [-0.1, -0.05) is 41.4 Å². The molecule has 4 amide bonds. The van der Waals surface area contributed by atoms with Crippen molar-refractivity contribution in [3.8, 4) is 11.5 Å². The van der Waals surface area contributed by atoms with Crippen LogP contribution in [-0.4, -0.2) is 43.5 Å². The van der Waals surface area contributed by atoms with Crippen LogP contribution in [0, 0.1) is 6.92 Å². The van der Waals surface area contributed by atoms with Crippen LogP contribution < -0.4 is 20.1 Å². The van der Waals surface area contributed by atoms with Crippen LogP contribution >= 0.6 is 11.6 Å². The molecule has 0 radical (unpaired) electrons. The highest BCUT2D eigenvalue weighted by Gasteiger charge is 2.49. The topological polar surface area (TPSA) is 97.0 Å². The maximum Gasteiger partial charge on any atom is 0.325 e. The SMILES string of the molecule is COc1cc(OC)c(NC(=O)CN2C(=O)NC(C)(c3ccc(C)cc3)C2=O)cc1Cl. The van der Waals surface area contributed by atoms with Crippen LogP contribution in [0.1, 0.15) is 18.1 Å². The number of hydrogen-bond acceptors (Lipinski definition) is 5. The van der Waals surface area contributed by atoms with Gasteiger partial charge in [-0.05, 0) is 25.5 Å². The van der Waals surface area contributed by atoms with Crippen molar-refractivity contribution in [2.45, 2.75) is 19.4 Å². The summed E-state index contributed by atoms with van der Waals surface area (Å²) in [7, 11) is 2.89. The number of carbonyl (C=O) groups excluding carboxylic acids is 3. The first-order valence-electron chi connectivity index (χ1n) is 9.12. The maximum atomic E-state index is 13.0. The lowest BCUT2D eigenvalue weighted by Gasteiger charge is -2.22. The van der Waals surface area contributed by atoms with Crippen molar-refractivity contribution in [3.05, 3.63) is 52.5 Å². The van der Waals surface area contributed by atoms with E-state index in [1.54, 1.807) is 19.1 Å². The molecule has 0 saturated carbocycles. The average molecular weight is 432 g/mol. The third-order valence-electron chi connectivity index (χ3n) is 4.95. The molecule has 1 atom stereocenters. The normalized spacial score (nSPS) is 18.2. The van der Waals surface area contributed by atoms with Crippen molar-refractivity contribution in [2.24, 2.45) is 0 Å². The van der Waals surface area contributed by atoms with E-state index < -0.39 is 29.9 Å². The van der Waals surface area contributed by atoms with E-state index in [2.05, 4.69) is 10.6 Å². The van der Waals surface area contributed by atoms with Gasteiger partial charge in [-0.2, -0.15) is 0 Å². The molecule has 158 valence electrons. The number of amides is 4. The largest absolute Gasteiger partial charge is 0.495 e. The van der Waals surface area contributed by atoms with Crippen molar-refractivity contribution < 1.29 is 23.9 Å². The molecule has 1 heterocycles. The molecule has 9 heteroatoms. The number of hydrogen-bond donors (Lipinski definition) is 2. The zero-order chi connectivity index (χ0) is 22.1. The van der Waals surface area contributed by atoms with Gasteiger partial charge in [0.25, 0.3) is 5.91 Å². The minimum Gasteiger partial charge on any atom is -0.495 e. The third-order valence-corrected chi connectivity index (χ3v) is 5.25. The lowest BCUT2D eigenvalue weighted by Crippen LogP contribution is -2.42. The molecule has 1 saturated heterocycles. The number of rotatable bonds is 6. The monoisotopic (exact) mass is 431 g/mol. The fraction of sp³-hybridized carbons (Fsp3) is 0.286. The van der Waals surface area contributed by atoms with E-state index in [0.29, 0.717) is 22.7 Å². The van der Waals surface area contributed by atoms with Crippen molar-refractivity contribution in [1.82, 2.24) is 10.2 Å². The van der Waals surface area contributed by atoms with E-state index in [-0.39, 0.29) is 5.02 Å². The number of halogens is 1. The zero-order valence-corrected chi connectivity index (χ0v) is 17.8. The molecule has 0 bridgehead atoms. The van der Waals surface area contributed by atoms with Crippen LogP contribution in [0.25, 0.3) is 0 Å². The molecule has 0 aromatic heterocycles. The number of nitrogens with zero attached hydrogens (tertiary/aromatic N) is 1. The Morgan fingerprint density at radius 2 is 1.77 bits per heavy atom. The Labute approximate surface area is 179 Å². The average Bonchev–Trinajstić information content (AvgIpc) is 2.92. The fourth-order valence-corrected chi connectivity index (χ4v) is 3.45. The van der Waals surface area contributed by atoms with E-state index in [1.807, 2.05) is 19.1 Å². The van der Waals surface area contributed by atoms with Crippen LogP contribution in [0.5, 0.6) is 11.5 Å². The molecule has 2 N–H and O–H groups in total. The first-order chi connectivity index (χ1) is 14.2. The first-order valence-corrected chi connectivity index (χ1v) is 9.50. The molecule has 0 aliphatic carbocycles. The Bertz CT molecular complexity index is 1010. The lowest BCUT2D eigenvalue weighted by atomic mass is 9.91. The predicted molar refractivity (Wildman–Crippen MR) is 112 cm³/mol. The van der Waals surface area contributed by atoms with Gasteiger partial charge in [0, 0.05) is 6.07 Å². The van der Waals surface area contributed by atoms with Gasteiger partial charge in [0.15, 0.2) is 0 Å². The maximum absolute atomic E-state index is 13.0. The molecule has 1 fully saturated rings. The van der Waals surface area contributed by atoms with E-state index in [9.17, 15) is 14.4 Å². The smallest absolute Gasteiger partial charge is 0.325 e. The Kier molecular flexibility index (Phi) is 5.89. The second-order valence-corrected chi connectivity index (χ2v) is 7.45. The minimum atomic E-state index is -1.24. The predicted octanol–water partition coefficient (Wildman–Crippen LogP) is 3.07. The lowest BCUT2D eigenvalue weighted by molar-refractivity contribution is -0.133. The van der Waals surface area contributed by atoms with E-state index in [1.165, 1.54) is 26.4 Å². The molecule has 8 nitrogen and oxygen atoms in total. The molecule has 3 rings (SSSR count). The fourth-order valence-electron chi connectivity index (χ4n) is 3.21. The summed E-state index contributed by atoms with van der Waals surface area (Å²) in [6.07, 6.45) is 0. The number of benzene rings is 2. The molecular weight excluding hydrogens is 410 g/mol. The van der Waals surface area contributed by atoms with Gasteiger partial charge < -0.3 is 20.1 Å². The Hall–Kier alpha value is -3.26. The number of nitrogens with one attached hydrogen (secondary N) is 2. The van der Waals surface area contributed by atoms with Gasteiger partial charge in [-0.3, -0.25) is 14.5 Å². The summed E-state index contributed by atoms with van der Waals surface area (Å²) in [6.45, 7) is 3.08. The van der Waals surface area contributed by atoms with Crippen molar-refractivity contribution >= 4 is 35.1 Å². The van der Waals surface area contributed by atoms with Gasteiger partial charge in [0.2, 0.25) is 5.91 Å². The van der Waals surface area contributed by atoms with E-state index in [4.69, 9.17) is 21.1 Å². The second kappa shape index (κ2) is 8.23. The van der Waals surface area contributed by atoms with E-state index >= 15 is 0 Å². The molecule has 1 aliphatic heterocycles. The highest BCUT2D eigenvalue weighted by molar-refractivity contribution is 6.32. The second-order valence-electron chi connectivity index (χ2n) is 7.05. The highest BCUT2D eigenvalue weighted by atomic mass is 35.5. The van der Waals surface area contributed by atoms with Gasteiger partial charge in [0.05, 0.1) is 24.9 Å². The number of aryl methyl sites for hydroxylation is 1. The summed E-state index contributed by atoms with van der Waals surface area (Å²) in [5.41, 5.74) is 0.716. The standard InChI is InChI=1S/C21H22ClN3O5/c1-12-5-7-13(8-6-12)21(2)19(27)25(20(28)24-21)11-18(26)23-15-9-14(22)16(29-3)10-17(15)30-4/h5-10H,11H2,1-4H3,(H,23,26)(H,24,28). The van der Waals surface area contributed by atoms with Gasteiger partial charge in [-0.25, -0.2) is 4.79 Å². The summed E-state index contributed by atoms with van der Waals surface area (Å²) in [4.78, 5) is 38.9. The van der Waals surface area contributed by atoms with Crippen molar-refractivity contribution in [2.75, 3.05) is 26.1 Å². The summed E-state index contributed by atoms with van der Waals surface area (Å²) in [5, 5.41) is 5.57. The quantitative estimate of drug-likeness (QED) is 0.685. The molecule has 2 aromatic rings. The highest BCUT2D eigenvalue weighted by Crippen LogP contribution is 2.36. The van der Waals surface area contributed by atoms with Gasteiger partial charge >= 0.3 is 6.03 Å². The van der Waals surface area contributed by atoms with Crippen LogP contribution in [0.3, 0.4) is 0 Å². The summed E-state index contributed by atoms with van der Waals surface area (Å²) in [5.74, 6) is -0.377. The minimum absolute atomic E-state index is 0.274. The Morgan fingerprint density at radius 3 is 2.37 bits per heavy atom. The number of ether oxygens (including phenoxy) is 2. The van der Waals surface area contributed by atoms with Crippen LogP contribution in [-0.2, 0) is 15.1 Å². The third kappa shape index (κ3) is 3.91. The molecule has 1 aliphatic rings. The number of methoxy groups -OCH3 is 2. The van der Waals surface area contributed by atoms with Crippen LogP contribution in [0.4, 0.5) is 10.5 Å². The zero-order valence-electron chi connectivity index (χ0n) is 17.0. The molecule has 0 spiro atoms. The summed E-state index contributed by atoms with van der Waals surface area (Å²) >= 11 is 6.11. The number of anilines is 1. The summed E-state index contributed by atoms with van der Waals surface area (Å²) in [6, 6.07) is 9.63. The number of imide groups is 1. The molecular formula is C21H22ClN3O5. The van der Waals surface area contributed by atoms with Gasteiger partial charge in [-0.15, -0.1) is 0 Å². The number of urea groups is 1. The van der Waals surface area contributed by atoms with Crippen LogP contribution in [0.2, 0.25) is 5.02 Å². The molecule has 1 unspecified atom stereocenters. The molecule has 2 aromatic carbocycles. The molecule has 30 heavy (non-hydrogen) atoms.